The summed E-state index contributed by atoms with van der Waals surface area (Å²) in [6.45, 7) is 8.52. The molecule has 0 saturated carbocycles. The summed E-state index contributed by atoms with van der Waals surface area (Å²) in [4.78, 5) is 0. The molecular weight excluding hydrogens is 277 g/mol. The van der Waals surface area contributed by atoms with Crippen molar-refractivity contribution in [1.82, 2.24) is 0 Å². The van der Waals surface area contributed by atoms with E-state index in [-0.39, 0.29) is 11.2 Å². The number of furan rings is 1. The Balaban J connectivity index is 1.95. The number of nitrogens with two attached hydrogens (primary N) is 1. The Morgan fingerprint density at radius 1 is 1.14 bits per heavy atom. The fraction of sp³-hybridized carbons (Fsp3) is 0.412. The van der Waals surface area contributed by atoms with Gasteiger partial charge in [-0.2, -0.15) is 0 Å². The van der Waals surface area contributed by atoms with Crippen LogP contribution in [0.25, 0.3) is 17.0 Å². The first-order chi connectivity index (χ1) is 10.3. The number of benzene rings is 1. The van der Waals surface area contributed by atoms with Crippen LogP contribution in [0.15, 0.2) is 40.4 Å². The smallest absolute Gasteiger partial charge is 0.464 e. The van der Waals surface area contributed by atoms with Crippen LogP contribution in [0.4, 0.5) is 0 Å². The van der Waals surface area contributed by atoms with Gasteiger partial charge in [-0.1, -0.05) is 24.3 Å². The lowest BCUT2D eigenvalue weighted by atomic mass is 9.77. The number of hydrogen-bond donors (Lipinski definition) is 1. The van der Waals surface area contributed by atoms with E-state index in [0.29, 0.717) is 6.54 Å². The lowest BCUT2D eigenvalue weighted by molar-refractivity contribution is 0.00578. The van der Waals surface area contributed by atoms with Gasteiger partial charge in [-0.15, -0.1) is 0 Å². The van der Waals surface area contributed by atoms with E-state index in [0.717, 1.165) is 22.0 Å². The minimum Gasteiger partial charge on any atom is -0.464 e. The molecule has 0 aliphatic carbocycles. The summed E-state index contributed by atoms with van der Waals surface area (Å²) in [6, 6.07) is 7.93. The second-order valence-corrected chi connectivity index (χ2v) is 6.70. The van der Waals surface area contributed by atoms with Crippen LogP contribution in [-0.2, 0) is 9.31 Å². The Morgan fingerprint density at radius 3 is 2.41 bits per heavy atom. The van der Waals surface area contributed by atoms with Crippen LogP contribution >= 0.6 is 0 Å². The standard InChI is InChI=1S/C17H22BNO3/c1-16(2)17(3,4)22-18(21-16)13(10-19)9-12-11-20-15-8-6-5-7-14(12)15/h5-9,11H,10,19H2,1-4H3. The molecule has 2 aromatic rings. The quantitative estimate of drug-likeness (QED) is 0.882. The molecule has 0 bridgehead atoms. The van der Waals surface area contributed by atoms with Gasteiger partial charge < -0.3 is 19.5 Å². The summed E-state index contributed by atoms with van der Waals surface area (Å²) in [5, 5.41) is 1.06. The van der Waals surface area contributed by atoms with Crippen LogP contribution in [-0.4, -0.2) is 24.9 Å². The summed E-state index contributed by atoms with van der Waals surface area (Å²) in [5.41, 5.74) is 7.95. The summed E-state index contributed by atoms with van der Waals surface area (Å²) < 4.78 is 17.7. The van der Waals surface area contributed by atoms with Crippen molar-refractivity contribution in [2.45, 2.75) is 38.9 Å². The second-order valence-electron chi connectivity index (χ2n) is 6.70. The van der Waals surface area contributed by atoms with Crippen molar-refractivity contribution < 1.29 is 13.7 Å². The fourth-order valence-corrected chi connectivity index (χ4v) is 2.53. The van der Waals surface area contributed by atoms with Crippen LogP contribution in [0.1, 0.15) is 33.3 Å². The third-order valence-electron chi connectivity index (χ3n) is 4.64. The lowest BCUT2D eigenvalue weighted by Crippen LogP contribution is -2.41. The van der Waals surface area contributed by atoms with Gasteiger partial charge in [0, 0.05) is 17.5 Å². The molecule has 0 spiro atoms. The van der Waals surface area contributed by atoms with Gasteiger partial charge in [0.25, 0.3) is 0 Å². The molecule has 1 aliphatic heterocycles. The van der Waals surface area contributed by atoms with Crippen molar-refractivity contribution in [2.24, 2.45) is 5.73 Å². The van der Waals surface area contributed by atoms with Crippen LogP contribution in [0, 0.1) is 0 Å². The van der Waals surface area contributed by atoms with Crippen LogP contribution in [0.2, 0.25) is 0 Å². The molecular formula is C17H22BNO3. The first-order valence-corrected chi connectivity index (χ1v) is 7.56. The normalized spacial score (nSPS) is 20.8. The van der Waals surface area contributed by atoms with E-state index in [2.05, 4.69) is 0 Å². The van der Waals surface area contributed by atoms with Crippen LogP contribution < -0.4 is 5.73 Å². The zero-order valence-corrected chi connectivity index (χ0v) is 13.6. The monoisotopic (exact) mass is 299 g/mol. The molecule has 116 valence electrons. The summed E-state index contributed by atoms with van der Waals surface area (Å²) in [7, 11) is -0.427. The highest BCUT2D eigenvalue weighted by Gasteiger charge is 2.52. The van der Waals surface area contributed by atoms with Gasteiger partial charge in [0.15, 0.2) is 0 Å². The molecule has 1 fully saturated rings. The molecule has 3 rings (SSSR count). The van der Waals surface area contributed by atoms with E-state index in [9.17, 15) is 0 Å². The van der Waals surface area contributed by atoms with Gasteiger partial charge in [-0.05, 0) is 39.2 Å². The summed E-state index contributed by atoms with van der Waals surface area (Å²) in [6.07, 6.45) is 3.75. The molecule has 4 nitrogen and oxygen atoms in total. The highest BCUT2D eigenvalue weighted by atomic mass is 16.7. The van der Waals surface area contributed by atoms with Crippen molar-refractivity contribution in [3.63, 3.8) is 0 Å². The van der Waals surface area contributed by atoms with Gasteiger partial charge in [0.05, 0.1) is 17.5 Å². The largest absolute Gasteiger partial charge is 0.491 e. The van der Waals surface area contributed by atoms with Crippen LogP contribution in [0.3, 0.4) is 0 Å². The Morgan fingerprint density at radius 2 is 1.77 bits per heavy atom. The van der Waals surface area contributed by atoms with Crippen molar-refractivity contribution in [3.05, 3.63) is 41.6 Å². The number of para-hydroxylation sites is 1. The Hall–Kier alpha value is -1.56. The number of rotatable bonds is 3. The zero-order valence-electron chi connectivity index (χ0n) is 13.6. The average Bonchev–Trinajstić information content (AvgIpc) is 2.95. The SMILES string of the molecule is CC1(C)OB(C(=Cc2coc3ccccc23)CN)OC1(C)C. The van der Waals surface area contributed by atoms with Crippen molar-refractivity contribution in [2.75, 3.05) is 6.54 Å². The van der Waals surface area contributed by atoms with E-state index in [1.165, 1.54) is 0 Å². The maximum absolute atomic E-state index is 6.08. The van der Waals surface area contributed by atoms with Crippen molar-refractivity contribution in [1.29, 1.82) is 0 Å². The van der Waals surface area contributed by atoms with E-state index in [1.807, 2.05) is 58.0 Å². The molecule has 1 aromatic heterocycles. The molecule has 0 radical (unpaired) electrons. The minimum atomic E-state index is -0.427. The average molecular weight is 299 g/mol. The molecule has 22 heavy (non-hydrogen) atoms. The zero-order chi connectivity index (χ0) is 16.0. The maximum Gasteiger partial charge on any atom is 0.491 e. The topological polar surface area (TPSA) is 57.6 Å². The van der Waals surface area contributed by atoms with Gasteiger partial charge in [-0.3, -0.25) is 0 Å². The molecule has 2 heterocycles. The molecule has 1 saturated heterocycles. The van der Waals surface area contributed by atoms with Crippen molar-refractivity contribution in [3.8, 4) is 0 Å². The minimum absolute atomic E-state index is 0.371. The maximum atomic E-state index is 6.08. The molecule has 1 aromatic carbocycles. The molecule has 0 unspecified atom stereocenters. The second kappa shape index (κ2) is 5.27. The first kappa shape index (κ1) is 15.3. The fourth-order valence-electron chi connectivity index (χ4n) is 2.53. The number of hydrogen-bond acceptors (Lipinski definition) is 4. The highest BCUT2D eigenvalue weighted by molar-refractivity contribution is 6.56. The third-order valence-corrected chi connectivity index (χ3v) is 4.64. The summed E-state index contributed by atoms with van der Waals surface area (Å²) in [5.74, 6) is 0. The highest BCUT2D eigenvalue weighted by Crippen LogP contribution is 2.38. The van der Waals surface area contributed by atoms with Gasteiger partial charge in [0.1, 0.15) is 5.58 Å². The predicted octanol–water partition coefficient (Wildman–Crippen LogP) is 3.41. The lowest BCUT2D eigenvalue weighted by Gasteiger charge is -2.32. The molecule has 0 atom stereocenters. The Kier molecular flexibility index (Phi) is 3.67. The van der Waals surface area contributed by atoms with E-state index >= 15 is 0 Å². The first-order valence-electron chi connectivity index (χ1n) is 7.56. The van der Waals surface area contributed by atoms with Gasteiger partial charge in [-0.25, -0.2) is 0 Å². The van der Waals surface area contributed by atoms with E-state index < -0.39 is 7.12 Å². The van der Waals surface area contributed by atoms with Gasteiger partial charge in [0.2, 0.25) is 0 Å². The van der Waals surface area contributed by atoms with E-state index in [1.54, 1.807) is 6.26 Å². The molecule has 2 N–H and O–H groups in total. The Bertz CT molecular complexity index is 702. The van der Waals surface area contributed by atoms with Crippen LogP contribution in [0.5, 0.6) is 0 Å². The molecule has 0 amide bonds. The Labute approximate surface area is 131 Å². The third kappa shape index (κ3) is 2.49. The molecule has 1 aliphatic rings. The number of fused-ring (bicyclic) bond motifs is 1. The summed E-state index contributed by atoms with van der Waals surface area (Å²) >= 11 is 0. The van der Waals surface area contributed by atoms with Gasteiger partial charge >= 0.3 is 7.12 Å². The predicted molar refractivity (Wildman–Crippen MR) is 89.3 cm³/mol. The van der Waals surface area contributed by atoms with E-state index in [4.69, 9.17) is 19.5 Å². The van der Waals surface area contributed by atoms with Crippen molar-refractivity contribution >= 4 is 24.2 Å². The molecule has 5 heteroatoms.